The van der Waals surface area contributed by atoms with Crippen LogP contribution in [0.25, 0.3) is 10.9 Å². The fraction of sp³-hybridized carbons (Fsp3) is 0.704. The summed E-state index contributed by atoms with van der Waals surface area (Å²) in [7, 11) is 0. The molecule has 2 aliphatic carbocycles. The first-order valence-corrected chi connectivity index (χ1v) is 12.9. The highest BCUT2D eigenvalue weighted by molar-refractivity contribution is 5.96. The molecule has 2 atom stereocenters. The van der Waals surface area contributed by atoms with E-state index in [-0.39, 0.29) is 11.8 Å². The lowest BCUT2D eigenvalue weighted by molar-refractivity contribution is -0.121. The van der Waals surface area contributed by atoms with Crippen molar-refractivity contribution in [2.75, 3.05) is 5.32 Å². The summed E-state index contributed by atoms with van der Waals surface area (Å²) in [5.74, 6) is 0.848. The molecule has 2 aromatic rings. The van der Waals surface area contributed by atoms with E-state index in [2.05, 4.69) is 23.1 Å². The largest absolute Gasteiger partial charge is 0.386 e. The summed E-state index contributed by atoms with van der Waals surface area (Å²) < 4.78 is 2.11. The summed E-state index contributed by atoms with van der Waals surface area (Å²) in [5, 5.41) is 20.0. The summed E-state index contributed by atoms with van der Waals surface area (Å²) in [4.78, 5) is 13.2. The van der Waals surface area contributed by atoms with Crippen LogP contribution in [-0.2, 0) is 10.4 Å². The predicted molar refractivity (Wildman–Crippen MR) is 131 cm³/mol. The van der Waals surface area contributed by atoms with Gasteiger partial charge in [0.05, 0.1) is 17.2 Å². The third-order valence-corrected chi connectivity index (χ3v) is 7.65. The molecule has 2 saturated carbocycles. The number of aliphatic hydroxyl groups is 1. The molecule has 32 heavy (non-hydrogen) atoms. The molecule has 2 fully saturated rings. The number of hydrogen-bond donors (Lipinski definition) is 2. The van der Waals surface area contributed by atoms with Gasteiger partial charge in [0, 0.05) is 28.8 Å². The maximum absolute atomic E-state index is 13.2. The number of rotatable bonds is 7. The van der Waals surface area contributed by atoms with Crippen molar-refractivity contribution in [1.29, 1.82) is 0 Å². The Balaban J connectivity index is 1.56. The molecule has 2 aliphatic rings. The average Bonchev–Trinajstić information content (AvgIpc) is 3.20. The molecule has 1 amide bonds. The van der Waals surface area contributed by atoms with Crippen molar-refractivity contribution in [1.82, 2.24) is 9.78 Å². The molecular weight excluding hydrogens is 398 g/mol. The van der Waals surface area contributed by atoms with E-state index in [0.717, 1.165) is 41.4 Å². The zero-order chi connectivity index (χ0) is 22.7. The molecule has 0 radical (unpaired) electrons. The number of carbonyl (C=O) groups is 1. The van der Waals surface area contributed by atoms with E-state index in [9.17, 15) is 9.90 Å². The zero-order valence-corrected chi connectivity index (χ0v) is 20.2. The highest BCUT2D eigenvalue weighted by Gasteiger charge is 2.29. The quantitative estimate of drug-likeness (QED) is 0.504. The fourth-order valence-corrected chi connectivity index (χ4v) is 5.75. The summed E-state index contributed by atoms with van der Waals surface area (Å²) >= 11 is 0. The Kier molecular flexibility index (Phi) is 7.24. The van der Waals surface area contributed by atoms with Crippen LogP contribution in [-0.4, -0.2) is 20.8 Å². The van der Waals surface area contributed by atoms with E-state index in [1.807, 2.05) is 12.1 Å². The maximum atomic E-state index is 13.2. The Morgan fingerprint density at radius 2 is 1.94 bits per heavy atom. The molecule has 5 heteroatoms. The summed E-state index contributed by atoms with van der Waals surface area (Å²) in [6, 6.07) is 4.45. The molecule has 176 valence electrons. The van der Waals surface area contributed by atoms with Crippen LogP contribution in [0.15, 0.2) is 18.3 Å². The van der Waals surface area contributed by atoms with E-state index >= 15 is 0 Å². The minimum Gasteiger partial charge on any atom is -0.386 e. The van der Waals surface area contributed by atoms with Crippen LogP contribution in [0.3, 0.4) is 0 Å². The summed E-state index contributed by atoms with van der Waals surface area (Å²) in [6.45, 7) is 5.80. The lowest BCUT2D eigenvalue weighted by Gasteiger charge is -2.29. The smallest absolute Gasteiger partial charge is 0.227 e. The van der Waals surface area contributed by atoms with Gasteiger partial charge < -0.3 is 10.4 Å². The first kappa shape index (κ1) is 23.3. The maximum Gasteiger partial charge on any atom is 0.227 e. The second-order valence-corrected chi connectivity index (χ2v) is 10.8. The number of anilines is 1. The van der Waals surface area contributed by atoms with Gasteiger partial charge >= 0.3 is 0 Å². The van der Waals surface area contributed by atoms with E-state index in [4.69, 9.17) is 5.10 Å². The summed E-state index contributed by atoms with van der Waals surface area (Å²) in [6.07, 6.45) is 16.4. The van der Waals surface area contributed by atoms with Crippen molar-refractivity contribution in [3.8, 4) is 0 Å². The second kappa shape index (κ2) is 9.94. The number of nitrogens with one attached hydrogen (secondary N) is 1. The molecule has 0 saturated heterocycles. The van der Waals surface area contributed by atoms with Crippen LogP contribution >= 0.6 is 0 Å². The number of fused-ring (bicyclic) bond motifs is 1. The molecule has 0 spiro atoms. The highest BCUT2D eigenvalue weighted by Crippen LogP contribution is 2.36. The molecule has 0 bridgehead atoms. The van der Waals surface area contributed by atoms with Gasteiger partial charge in [-0.15, -0.1) is 0 Å². The number of hydrogen-bond acceptors (Lipinski definition) is 3. The SMILES string of the molecule is CCCCC1CCCC(C(=O)Nc2cc3cn(C4CCCCC4)nc3cc2C(C)(C)O)C1. The molecule has 1 aromatic carbocycles. The molecule has 4 rings (SSSR count). The normalized spacial score (nSPS) is 22.9. The van der Waals surface area contributed by atoms with Crippen LogP contribution in [0.4, 0.5) is 5.69 Å². The minimum atomic E-state index is -1.05. The average molecular weight is 440 g/mol. The Hall–Kier alpha value is -1.88. The van der Waals surface area contributed by atoms with Gasteiger partial charge in [0.1, 0.15) is 0 Å². The number of aromatic nitrogens is 2. The molecule has 2 N–H and O–H groups in total. The van der Waals surface area contributed by atoms with Gasteiger partial charge in [-0.3, -0.25) is 9.48 Å². The third-order valence-electron chi connectivity index (χ3n) is 7.65. The van der Waals surface area contributed by atoms with Crippen molar-refractivity contribution in [2.45, 2.75) is 109 Å². The van der Waals surface area contributed by atoms with Crippen LogP contribution in [0.1, 0.15) is 109 Å². The fourth-order valence-electron chi connectivity index (χ4n) is 5.75. The minimum absolute atomic E-state index is 0.0703. The van der Waals surface area contributed by atoms with Crippen LogP contribution in [0, 0.1) is 11.8 Å². The predicted octanol–water partition coefficient (Wildman–Crippen LogP) is 6.70. The lowest BCUT2D eigenvalue weighted by atomic mass is 9.78. The number of amides is 1. The Labute approximate surface area is 193 Å². The third kappa shape index (κ3) is 5.36. The molecular formula is C27H41N3O2. The molecule has 1 aromatic heterocycles. The first-order chi connectivity index (χ1) is 15.3. The van der Waals surface area contributed by atoms with Crippen LogP contribution in [0.2, 0.25) is 0 Å². The van der Waals surface area contributed by atoms with Gasteiger partial charge in [0.2, 0.25) is 5.91 Å². The van der Waals surface area contributed by atoms with Crippen molar-refractivity contribution in [3.63, 3.8) is 0 Å². The second-order valence-electron chi connectivity index (χ2n) is 10.8. The Morgan fingerprint density at radius 1 is 1.16 bits per heavy atom. The topological polar surface area (TPSA) is 67.2 Å². The number of unbranched alkanes of at least 4 members (excludes halogenated alkanes) is 1. The van der Waals surface area contributed by atoms with Gasteiger partial charge in [-0.2, -0.15) is 5.10 Å². The molecule has 5 nitrogen and oxygen atoms in total. The first-order valence-electron chi connectivity index (χ1n) is 12.9. The van der Waals surface area contributed by atoms with Gasteiger partial charge in [-0.05, 0) is 57.6 Å². The zero-order valence-electron chi connectivity index (χ0n) is 20.2. The van der Waals surface area contributed by atoms with Gasteiger partial charge in [-0.25, -0.2) is 0 Å². The van der Waals surface area contributed by atoms with Crippen molar-refractivity contribution < 1.29 is 9.90 Å². The number of benzene rings is 1. The van der Waals surface area contributed by atoms with Crippen molar-refractivity contribution in [2.24, 2.45) is 11.8 Å². The van der Waals surface area contributed by atoms with Crippen LogP contribution < -0.4 is 5.32 Å². The summed E-state index contributed by atoms with van der Waals surface area (Å²) in [5.41, 5.74) is 1.31. The number of nitrogens with zero attached hydrogens (tertiary/aromatic N) is 2. The van der Waals surface area contributed by atoms with E-state index in [0.29, 0.717) is 12.0 Å². The highest BCUT2D eigenvalue weighted by atomic mass is 16.3. The van der Waals surface area contributed by atoms with E-state index in [1.165, 1.54) is 57.8 Å². The van der Waals surface area contributed by atoms with Gasteiger partial charge in [0.25, 0.3) is 0 Å². The van der Waals surface area contributed by atoms with Gasteiger partial charge in [0.15, 0.2) is 0 Å². The van der Waals surface area contributed by atoms with Crippen molar-refractivity contribution in [3.05, 3.63) is 23.9 Å². The number of carbonyl (C=O) groups excluding carboxylic acids is 1. The molecule has 2 unspecified atom stereocenters. The van der Waals surface area contributed by atoms with E-state index < -0.39 is 5.60 Å². The van der Waals surface area contributed by atoms with Gasteiger partial charge in [-0.1, -0.05) is 58.3 Å². The Bertz CT molecular complexity index is 921. The Morgan fingerprint density at radius 3 is 2.66 bits per heavy atom. The lowest BCUT2D eigenvalue weighted by Crippen LogP contribution is -2.29. The standard InChI is InChI=1S/C27H41N3O2/c1-4-5-10-19-11-9-12-20(15-19)26(31)28-25-16-21-18-30(22-13-7-6-8-14-22)29-24(21)17-23(25)27(2,3)32/h16-20,22,32H,4-15H2,1-3H3,(H,28,31). The molecule has 1 heterocycles. The van der Waals surface area contributed by atoms with Crippen LogP contribution in [0.5, 0.6) is 0 Å². The molecule has 0 aliphatic heterocycles. The monoisotopic (exact) mass is 439 g/mol. The van der Waals surface area contributed by atoms with E-state index in [1.54, 1.807) is 13.8 Å². The van der Waals surface area contributed by atoms with Crippen molar-refractivity contribution >= 4 is 22.5 Å².